The fraction of sp³-hybridized carbons (Fsp3) is 0.500. The summed E-state index contributed by atoms with van der Waals surface area (Å²) in [5.41, 5.74) is 2.47. The first-order valence-electron chi connectivity index (χ1n) is 6.22. The summed E-state index contributed by atoms with van der Waals surface area (Å²) in [6.07, 6.45) is 5.31. The van der Waals surface area contributed by atoms with Gasteiger partial charge in [-0.2, -0.15) is 0 Å². The van der Waals surface area contributed by atoms with Crippen LogP contribution in [0.2, 0.25) is 0 Å². The number of likely N-dealkylation sites (N-methyl/N-ethyl adjacent to an activating group) is 1. The van der Waals surface area contributed by atoms with Gasteiger partial charge in [0.15, 0.2) is 17.3 Å². The second kappa shape index (κ2) is 5.02. The topological polar surface area (TPSA) is 91.7 Å². The Morgan fingerprint density at radius 3 is 2.84 bits per heavy atom. The van der Waals surface area contributed by atoms with Crippen molar-refractivity contribution in [3.8, 4) is 0 Å². The summed E-state index contributed by atoms with van der Waals surface area (Å²) >= 11 is 0. The molecule has 4 N–H and O–H groups in total. The zero-order valence-corrected chi connectivity index (χ0v) is 11.5. The minimum absolute atomic E-state index is 0.465. The summed E-state index contributed by atoms with van der Waals surface area (Å²) in [5, 5.41) is 9.99. The number of nitrogens with zero attached hydrogens (tertiary/aromatic N) is 4. The normalized spacial score (nSPS) is 11.8. The van der Waals surface area contributed by atoms with Gasteiger partial charge in [0.05, 0.1) is 11.8 Å². The van der Waals surface area contributed by atoms with Gasteiger partial charge in [0.25, 0.3) is 0 Å². The molecule has 0 radical (unpaired) electrons. The molecule has 0 bridgehead atoms. The van der Waals surface area contributed by atoms with E-state index in [9.17, 15) is 5.11 Å². The molecule has 2 heterocycles. The van der Waals surface area contributed by atoms with Gasteiger partial charge in [0.2, 0.25) is 0 Å². The highest BCUT2D eigenvalue weighted by Gasteiger charge is 2.21. The summed E-state index contributed by atoms with van der Waals surface area (Å²) in [7, 11) is 0. The van der Waals surface area contributed by atoms with E-state index in [2.05, 4.69) is 15.4 Å². The molecule has 0 unspecified atom stereocenters. The Bertz CT molecular complexity index is 559. The highest BCUT2D eigenvalue weighted by molar-refractivity contribution is 5.66. The van der Waals surface area contributed by atoms with E-state index < -0.39 is 5.60 Å². The van der Waals surface area contributed by atoms with Crippen LogP contribution in [0.15, 0.2) is 18.6 Å². The number of imidazole rings is 1. The summed E-state index contributed by atoms with van der Waals surface area (Å²) in [6.45, 7) is 6.73. The minimum atomic E-state index is -0.812. The van der Waals surface area contributed by atoms with Crippen LogP contribution in [-0.2, 0) is 0 Å². The molecule has 7 heteroatoms. The van der Waals surface area contributed by atoms with Crippen LogP contribution in [0.1, 0.15) is 20.8 Å². The molecule has 7 nitrogen and oxygen atoms in total. The SMILES string of the molecule is CCN(CC(C)(C)O)c1nc(NN)cn2ccnc12. The molecule has 0 saturated carbocycles. The van der Waals surface area contributed by atoms with Crippen molar-refractivity contribution in [1.82, 2.24) is 14.4 Å². The molecule has 0 aromatic carbocycles. The number of nitrogen functional groups attached to an aromatic ring is 1. The Kier molecular flexibility index (Phi) is 3.59. The average molecular weight is 264 g/mol. The first-order chi connectivity index (χ1) is 8.94. The molecule has 0 aliphatic heterocycles. The van der Waals surface area contributed by atoms with Gasteiger partial charge in [-0.15, -0.1) is 0 Å². The van der Waals surface area contributed by atoms with Gasteiger partial charge < -0.3 is 19.8 Å². The van der Waals surface area contributed by atoms with Gasteiger partial charge in [-0.25, -0.2) is 15.8 Å². The molecule has 2 aromatic heterocycles. The third kappa shape index (κ3) is 2.94. The number of nitrogens with one attached hydrogen (secondary N) is 1. The van der Waals surface area contributed by atoms with E-state index in [0.29, 0.717) is 24.7 Å². The lowest BCUT2D eigenvalue weighted by Gasteiger charge is -2.29. The van der Waals surface area contributed by atoms with Gasteiger partial charge >= 0.3 is 0 Å². The van der Waals surface area contributed by atoms with Crippen molar-refractivity contribution in [2.24, 2.45) is 5.84 Å². The van der Waals surface area contributed by atoms with Gasteiger partial charge in [-0.1, -0.05) is 0 Å². The Morgan fingerprint density at radius 1 is 1.53 bits per heavy atom. The number of fused-ring (bicyclic) bond motifs is 1. The third-order valence-corrected chi connectivity index (χ3v) is 2.76. The fourth-order valence-corrected chi connectivity index (χ4v) is 2.00. The molecule has 0 saturated heterocycles. The van der Waals surface area contributed by atoms with E-state index in [4.69, 9.17) is 5.84 Å². The van der Waals surface area contributed by atoms with Crippen molar-refractivity contribution >= 4 is 17.3 Å². The second-order valence-electron chi connectivity index (χ2n) is 5.08. The van der Waals surface area contributed by atoms with Crippen LogP contribution >= 0.6 is 0 Å². The molecule has 0 aliphatic rings. The van der Waals surface area contributed by atoms with E-state index in [1.54, 1.807) is 26.2 Å². The molecule has 0 spiro atoms. The van der Waals surface area contributed by atoms with Crippen molar-refractivity contribution in [2.45, 2.75) is 26.4 Å². The zero-order valence-electron chi connectivity index (χ0n) is 11.5. The van der Waals surface area contributed by atoms with Crippen molar-refractivity contribution in [2.75, 3.05) is 23.4 Å². The van der Waals surface area contributed by atoms with E-state index >= 15 is 0 Å². The summed E-state index contributed by atoms with van der Waals surface area (Å²) in [6, 6.07) is 0. The number of hydrazine groups is 1. The van der Waals surface area contributed by atoms with Gasteiger partial charge in [-0.05, 0) is 20.8 Å². The largest absolute Gasteiger partial charge is 0.389 e. The summed E-state index contributed by atoms with van der Waals surface area (Å²) in [5.74, 6) is 6.68. The molecule has 2 aromatic rings. The Morgan fingerprint density at radius 2 is 2.26 bits per heavy atom. The van der Waals surface area contributed by atoms with Gasteiger partial charge in [-0.3, -0.25) is 0 Å². The number of aliphatic hydroxyl groups is 1. The van der Waals surface area contributed by atoms with Crippen molar-refractivity contribution < 1.29 is 5.11 Å². The number of aromatic nitrogens is 3. The molecular weight excluding hydrogens is 244 g/mol. The van der Waals surface area contributed by atoms with Crippen LogP contribution in [0.25, 0.3) is 5.65 Å². The lowest BCUT2D eigenvalue weighted by atomic mass is 10.1. The number of rotatable bonds is 5. The first-order valence-corrected chi connectivity index (χ1v) is 6.22. The van der Waals surface area contributed by atoms with E-state index in [-0.39, 0.29) is 0 Å². The lowest BCUT2D eigenvalue weighted by molar-refractivity contribution is 0.0874. The summed E-state index contributed by atoms with van der Waals surface area (Å²) in [4.78, 5) is 10.7. The molecular formula is C12H20N6O. The average Bonchev–Trinajstić information content (AvgIpc) is 2.81. The van der Waals surface area contributed by atoms with Crippen LogP contribution in [0.3, 0.4) is 0 Å². The highest BCUT2D eigenvalue weighted by atomic mass is 16.3. The molecule has 0 amide bonds. The van der Waals surface area contributed by atoms with Crippen molar-refractivity contribution in [1.29, 1.82) is 0 Å². The van der Waals surface area contributed by atoms with Crippen LogP contribution in [-0.4, -0.2) is 38.2 Å². The first kappa shape index (κ1) is 13.6. The van der Waals surface area contributed by atoms with Crippen molar-refractivity contribution in [3.63, 3.8) is 0 Å². The second-order valence-corrected chi connectivity index (χ2v) is 5.08. The van der Waals surface area contributed by atoms with E-state index in [1.807, 2.05) is 22.4 Å². The maximum absolute atomic E-state index is 9.99. The van der Waals surface area contributed by atoms with Crippen LogP contribution in [0.4, 0.5) is 11.6 Å². The Balaban J connectivity index is 2.48. The van der Waals surface area contributed by atoms with E-state index in [0.717, 1.165) is 5.65 Å². The number of nitrogens with two attached hydrogens (primary N) is 1. The molecule has 2 rings (SSSR count). The van der Waals surface area contributed by atoms with Gasteiger partial charge in [0, 0.05) is 25.5 Å². The molecule has 0 atom stereocenters. The third-order valence-electron chi connectivity index (χ3n) is 2.76. The molecule has 19 heavy (non-hydrogen) atoms. The predicted octanol–water partition coefficient (Wildman–Crippen LogP) is 0.612. The standard InChI is InChI=1S/C12H20N6O/c1-4-17(8-12(2,3)19)11-10-14-5-6-18(10)7-9(15-11)16-13/h5-7,16,19H,4,8,13H2,1-3H3. The Hall–Kier alpha value is -1.86. The monoisotopic (exact) mass is 264 g/mol. The van der Waals surface area contributed by atoms with Gasteiger partial charge in [0.1, 0.15) is 0 Å². The molecule has 0 fully saturated rings. The number of hydrogen-bond donors (Lipinski definition) is 3. The number of hydrogen-bond acceptors (Lipinski definition) is 6. The highest BCUT2D eigenvalue weighted by Crippen LogP contribution is 2.21. The Labute approximate surface area is 112 Å². The van der Waals surface area contributed by atoms with Crippen LogP contribution < -0.4 is 16.2 Å². The quantitative estimate of drug-likeness (QED) is 0.541. The smallest absolute Gasteiger partial charge is 0.180 e. The zero-order chi connectivity index (χ0) is 14.0. The van der Waals surface area contributed by atoms with Crippen LogP contribution in [0, 0.1) is 0 Å². The summed E-state index contributed by atoms with van der Waals surface area (Å²) < 4.78 is 1.85. The lowest BCUT2D eigenvalue weighted by Crippen LogP contribution is -2.39. The fourth-order valence-electron chi connectivity index (χ4n) is 2.00. The predicted molar refractivity (Wildman–Crippen MR) is 75.0 cm³/mol. The van der Waals surface area contributed by atoms with Crippen molar-refractivity contribution in [3.05, 3.63) is 18.6 Å². The molecule has 0 aliphatic carbocycles. The maximum atomic E-state index is 9.99. The molecule has 104 valence electrons. The minimum Gasteiger partial charge on any atom is -0.389 e. The maximum Gasteiger partial charge on any atom is 0.180 e. The number of anilines is 2. The van der Waals surface area contributed by atoms with Crippen LogP contribution in [0.5, 0.6) is 0 Å². The van der Waals surface area contributed by atoms with E-state index in [1.165, 1.54) is 0 Å².